The maximum absolute atomic E-state index is 13.7. The molecule has 3 aromatic heterocycles. The standard InChI is InChI=1S/C41H45N9O4/c1-48-21-17-29(18-22-48)39(51)49-19-5-9-34(49)37-44-25-33(46-37)30-15-16-31(42-23-30)26-11-13-27(14-12-26)32-24-43-38(45-32)35-10-6-20-50(35)40(52)36(47-41(53)54)28-7-3-2-4-8-28/h2-4,7-8,11-16,23-25,29,34-36,47H,5-6,9-10,17-22H2,1H3,(H,43,45)(H,44,46)(H,53,54)/t34-,35-,36+/m0/s1. The van der Waals surface area contributed by atoms with Crippen molar-refractivity contribution in [3.63, 3.8) is 0 Å². The van der Waals surface area contributed by atoms with Crippen molar-refractivity contribution < 1.29 is 19.5 Å². The van der Waals surface area contributed by atoms with Crippen molar-refractivity contribution in [1.82, 2.24) is 44.9 Å². The molecule has 13 heteroatoms. The second kappa shape index (κ2) is 15.3. The lowest BCUT2D eigenvalue weighted by Crippen LogP contribution is -2.42. The van der Waals surface area contributed by atoms with Gasteiger partial charge in [-0.05, 0) is 81.9 Å². The first-order valence-electron chi connectivity index (χ1n) is 18.8. The number of piperidine rings is 1. The van der Waals surface area contributed by atoms with E-state index in [2.05, 4.69) is 32.2 Å². The summed E-state index contributed by atoms with van der Waals surface area (Å²) in [6.07, 6.45) is 9.47. The van der Waals surface area contributed by atoms with E-state index in [0.29, 0.717) is 17.9 Å². The van der Waals surface area contributed by atoms with Gasteiger partial charge in [-0.2, -0.15) is 0 Å². The second-order valence-corrected chi connectivity index (χ2v) is 14.6. The minimum atomic E-state index is -1.25. The molecule has 3 saturated heterocycles. The minimum absolute atomic E-state index is 0.0182. The van der Waals surface area contributed by atoms with Crippen molar-refractivity contribution in [2.24, 2.45) is 5.92 Å². The van der Waals surface area contributed by atoms with Gasteiger partial charge in [-0.1, -0.05) is 54.6 Å². The fraction of sp³-hybridized carbons (Fsp3) is 0.366. The topological polar surface area (TPSA) is 163 Å². The van der Waals surface area contributed by atoms with Gasteiger partial charge in [0.1, 0.15) is 17.7 Å². The third kappa shape index (κ3) is 7.23. The number of rotatable bonds is 9. The summed E-state index contributed by atoms with van der Waals surface area (Å²) < 4.78 is 0. The maximum Gasteiger partial charge on any atom is 0.405 e. The van der Waals surface area contributed by atoms with E-state index >= 15 is 0 Å². The number of amides is 3. The number of hydrogen-bond donors (Lipinski definition) is 4. The van der Waals surface area contributed by atoms with Crippen LogP contribution >= 0.6 is 0 Å². The van der Waals surface area contributed by atoms with Crippen LogP contribution in [0.15, 0.2) is 85.3 Å². The molecule has 0 bridgehead atoms. The molecule has 3 fully saturated rings. The Labute approximate surface area is 313 Å². The van der Waals surface area contributed by atoms with E-state index < -0.39 is 12.1 Å². The molecule has 3 amide bonds. The summed E-state index contributed by atoms with van der Waals surface area (Å²) in [5, 5.41) is 11.9. The highest BCUT2D eigenvalue weighted by atomic mass is 16.4. The molecule has 4 N–H and O–H groups in total. The summed E-state index contributed by atoms with van der Waals surface area (Å²) in [6, 6.07) is 19.7. The number of hydrogen-bond acceptors (Lipinski definition) is 7. The Morgan fingerprint density at radius 1 is 0.704 bits per heavy atom. The average molecular weight is 728 g/mol. The number of aromatic nitrogens is 5. The van der Waals surface area contributed by atoms with Gasteiger partial charge < -0.3 is 35.1 Å². The number of imidazole rings is 2. The molecule has 3 aliphatic rings. The zero-order valence-electron chi connectivity index (χ0n) is 30.3. The van der Waals surface area contributed by atoms with Crippen LogP contribution in [0.3, 0.4) is 0 Å². The molecule has 5 aromatic rings. The Balaban J connectivity index is 0.919. The summed E-state index contributed by atoms with van der Waals surface area (Å²) in [6.45, 7) is 3.24. The predicted octanol–water partition coefficient (Wildman–Crippen LogP) is 6.21. The highest BCUT2D eigenvalue weighted by molar-refractivity contribution is 5.87. The first-order chi connectivity index (χ1) is 26.3. The summed E-state index contributed by atoms with van der Waals surface area (Å²) in [7, 11) is 2.12. The Morgan fingerprint density at radius 2 is 1.30 bits per heavy atom. The van der Waals surface area contributed by atoms with E-state index in [1.54, 1.807) is 35.4 Å². The van der Waals surface area contributed by atoms with Crippen LogP contribution in [-0.4, -0.2) is 95.9 Å². The number of H-pyrrole nitrogens is 2. The predicted molar refractivity (Wildman–Crippen MR) is 203 cm³/mol. The average Bonchev–Trinajstić information content (AvgIpc) is 4.04. The van der Waals surface area contributed by atoms with E-state index in [1.165, 1.54) is 0 Å². The zero-order chi connectivity index (χ0) is 37.2. The summed E-state index contributed by atoms with van der Waals surface area (Å²) in [4.78, 5) is 65.8. The van der Waals surface area contributed by atoms with Crippen LogP contribution in [0.1, 0.15) is 73.9 Å². The first kappa shape index (κ1) is 35.2. The zero-order valence-corrected chi connectivity index (χ0v) is 30.3. The van der Waals surface area contributed by atoms with Crippen LogP contribution in [-0.2, 0) is 9.59 Å². The fourth-order valence-electron chi connectivity index (χ4n) is 8.19. The molecule has 0 radical (unpaired) electrons. The molecule has 0 spiro atoms. The van der Waals surface area contributed by atoms with Gasteiger partial charge in [-0.15, -0.1) is 0 Å². The number of carbonyl (C=O) groups is 3. The molecule has 3 atom stereocenters. The number of likely N-dealkylation sites (tertiary alicyclic amines) is 3. The summed E-state index contributed by atoms with van der Waals surface area (Å²) in [5.41, 5.74) is 5.98. The van der Waals surface area contributed by atoms with Crippen molar-refractivity contribution >= 4 is 17.9 Å². The van der Waals surface area contributed by atoms with Gasteiger partial charge >= 0.3 is 6.09 Å². The number of carbonyl (C=O) groups excluding carboxylic acids is 2. The third-order valence-corrected chi connectivity index (χ3v) is 11.2. The molecule has 0 aliphatic carbocycles. The van der Waals surface area contributed by atoms with Crippen LogP contribution < -0.4 is 5.32 Å². The molecule has 0 saturated carbocycles. The number of nitrogens with zero attached hydrogens (tertiary/aromatic N) is 6. The molecule has 0 unspecified atom stereocenters. The molecule has 278 valence electrons. The summed E-state index contributed by atoms with van der Waals surface area (Å²) in [5.74, 6) is 1.58. The highest BCUT2D eigenvalue weighted by Gasteiger charge is 2.38. The van der Waals surface area contributed by atoms with Gasteiger partial charge in [-0.25, -0.2) is 14.8 Å². The number of benzene rings is 2. The van der Waals surface area contributed by atoms with Crippen LogP contribution in [0.2, 0.25) is 0 Å². The van der Waals surface area contributed by atoms with Crippen molar-refractivity contribution in [1.29, 1.82) is 0 Å². The van der Waals surface area contributed by atoms with Crippen molar-refractivity contribution in [3.8, 4) is 33.8 Å². The molecule has 2 aromatic carbocycles. The van der Waals surface area contributed by atoms with E-state index in [1.807, 2.05) is 59.8 Å². The van der Waals surface area contributed by atoms with Crippen molar-refractivity contribution in [2.75, 3.05) is 33.2 Å². The summed E-state index contributed by atoms with van der Waals surface area (Å²) >= 11 is 0. The van der Waals surface area contributed by atoms with Gasteiger partial charge in [-0.3, -0.25) is 14.6 Å². The van der Waals surface area contributed by atoms with E-state index in [-0.39, 0.29) is 29.8 Å². The number of pyridine rings is 1. The normalized spacial score (nSPS) is 19.9. The lowest BCUT2D eigenvalue weighted by atomic mass is 9.95. The largest absolute Gasteiger partial charge is 0.465 e. The number of nitrogens with one attached hydrogen (secondary N) is 3. The third-order valence-electron chi connectivity index (χ3n) is 11.2. The maximum atomic E-state index is 13.7. The second-order valence-electron chi connectivity index (χ2n) is 14.6. The molecular weight excluding hydrogens is 683 g/mol. The monoisotopic (exact) mass is 727 g/mol. The van der Waals surface area contributed by atoms with Gasteiger partial charge in [0.05, 0.1) is 41.6 Å². The molecule has 13 nitrogen and oxygen atoms in total. The van der Waals surface area contributed by atoms with Crippen LogP contribution in [0.4, 0.5) is 4.79 Å². The molecule has 54 heavy (non-hydrogen) atoms. The van der Waals surface area contributed by atoms with E-state index in [9.17, 15) is 19.5 Å². The smallest absolute Gasteiger partial charge is 0.405 e. The first-order valence-corrected chi connectivity index (χ1v) is 18.8. The van der Waals surface area contributed by atoms with Crippen LogP contribution in [0.25, 0.3) is 33.8 Å². The molecule has 3 aliphatic heterocycles. The Kier molecular flexibility index (Phi) is 9.96. The Hall–Kier alpha value is -5.82. The number of aromatic amines is 2. The lowest BCUT2D eigenvalue weighted by Gasteiger charge is -2.32. The molecule has 8 rings (SSSR count). The van der Waals surface area contributed by atoms with Gasteiger partial charge in [0.15, 0.2) is 0 Å². The lowest BCUT2D eigenvalue weighted by molar-refractivity contribution is -0.138. The highest BCUT2D eigenvalue weighted by Crippen LogP contribution is 2.36. The molecule has 6 heterocycles. The van der Waals surface area contributed by atoms with Crippen LogP contribution in [0, 0.1) is 5.92 Å². The van der Waals surface area contributed by atoms with E-state index in [4.69, 9.17) is 9.97 Å². The quantitative estimate of drug-likeness (QED) is 0.139. The number of carboxylic acid groups (broad SMARTS) is 1. The van der Waals surface area contributed by atoms with Crippen LogP contribution in [0.5, 0.6) is 0 Å². The Morgan fingerprint density at radius 3 is 1.93 bits per heavy atom. The van der Waals surface area contributed by atoms with Gasteiger partial charge in [0.2, 0.25) is 5.91 Å². The van der Waals surface area contributed by atoms with Gasteiger partial charge in [0.25, 0.3) is 5.91 Å². The molecular formula is C41H45N9O4. The minimum Gasteiger partial charge on any atom is -0.465 e. The SMILES string of the molecule is CN1CCC(C(=O)N2CCC[C@H]2c2ncc(-c3ccc(-c4ccc(-c5cnc([C@@H]6CCCN6C(=O)[C@H](NC(=O)O)c6ccccc6)[nH]5)cc4)nc3)[nH]2)CC1. The van der Waals surface area contributed by atoms with Crippen molar-refractivity contribution in [3.05, 3.63) is 103 Å². The Bertz CT molecular complexity index is 2090. The van der Waals surface area contributed by atoms with Gasteiger partial charge in [0, 0.05) is 36.3 Å². The fourth-order valence-corrected chi connectivity index (χ4v) is 8.19. The van der Waals surface area contributed by atoms with E-state index in [0.717, 1.165) is 97.8 Å². The van der Waals surface area contributed by atoms with Crippen molar-refractivity contribution in [2.45, 2.75) is 56.7 Å².